The minimum atomic E-state index is -4.59. The first-order chi connectivity index (χ1) is 15.0. The maximum atomic E-state index is 13.0. The third kappa shape index (κ3) is 4.66. The highest BCUT2D eigenvalue weighted by Crippen LogP contribution is 2.38. The van der Waals surface area contributed by atoms with Gasteiger partial charge in [0.05, 0.1) is 23.1 Å². The average molecular weight is 448 g/mol. The summed E-state index contributed by atoms with van der Waals surface area (Å²) in [6.07, 6.45) is -5.20. The largest absolute Gasteiger partial charge is 0.507 e. The van der Waals surface area contributed by atoms with Crippen LogP contribution in [-0.2, 0) is 20.5 Å². The molecule has 9 heteroatoms. The van der Waals surface area contributed by atoms with Crippen LogP contribution in [0.4, 0.5) is 13.2 Å². The normalized spacial score (nSPS) is 12.5. The van der Waals surface area contributed by atoms with Crippen molar-refractivity contribution in [3.8, 4) is 5.75 Å². The van der Waals surface area contributed by atoms with E-state index in [1.54, 1.807) is 19.1 Å². The quantitative estimate of drug-likeness (QED) is 0.340. The lowest BCUT2D eigenvalue weighted by atomic mass is 9.86. The number of Topliss-reactive ketones (excluding diaryl/α,β-unsaturated/α-hetero) is 1. The minimum absolute atomic E-state index is 0.0574. The first-order valence-corrected chi connectivity index (χ1v) is 9.66. The highest BCUT2D eigenvalue weighted by atomic mass is 19.4. The molecule has 1 atom stereocenters. The fourth-order valence-electron chi connectivity index (χ4n) is 3.39. The van der Waals surface area contributed by atoms with Crippen molar-refractivity contribution in [2.24, 2.45) is 0 Å². The number of aryl methyl sites for hydroxylation is 1. The molecule has 0 fully saturated rings. The lowest BCUT2D eigenvalue weighted by Gasteiger charge is -2.18. The Morgan fingerprint density at radius 1 is 1.12 bits per heavy atom. The number of carbonyl (C=O) groups is 2. The standard InChI is InChI=1S/C23H19F3O6/c1-3-31-21(29)17(27)11-15(13-5-7-14(8-6-13)23(24,25)26)19-20(28)16-10-12(2)4-9-18(16)32-22(19)30/h4-10,15,28H,3,11H2,1-2H3/t15-/m1/s1. The zero-order valence-corrected chi connectivity index (χ0v) is 17.2. The highest BCUT2D eigenvalue weighted by molar-refractivity contribution is 6.33. The summed E-state index contributed by atoms with van der Waals surface area (Å²) in [7, 11) is 0. The van der Waals surface area contributed by atoms with Crippen LogP contribution in [-0.4, -0.2) is 23.5 Å². The molecule has 3 aromatic rings. The van der Waals surface area contributed by atoms with E-state index in [-0.39, 0.29) is 28.7 Å². The van der Waals surface area contributed by atoms with Crippen LogP contribution in [0.2, 0.25) is 0 Å². The maximum absolute atomic E-state index is 13.0. The van der Waals surface area contributed by atoms with Gasteiger partial charge in [-0.1, -0.05) is 23.8 Å². The van der Waals surface area contributed by atoms with Gasteiger partial charge in [0.15, 0.2) is 0 Å². The monoisotopic (exact) mass is 448 g/mol. The molecule has 0 unspecified atom stereocenters. The molecular weight excluding hydrogens is 429 g/mol. The number of carbonyl (C=O) groups excluding carboxylic acids is 2. The Morgan fingerprint density at radius 2 is 1.78 bits per heavy atom. The molecule has 0 bridgehead atoms. The molecule has 0 saturated heterocycles. The number of alkyl halides is 3. The van der Waals surface area contributed by atoms with E-state index >= 15 is 0 Å². The molecule has 3 rings (SSSR count). The van der Waals surface area contributed by atoms with Crippen LogP contribution in [0.25, 0.3) is 11.0 Å². The van der Waals surface area contributed by atoms with Gasteiger partial charge in [-0.3, -0.25) is 4.79 Å². The molecule has 168 valence electrons. The average Bonchev–Trinajstić information content (AvgIpc) is 2.73. The molecule has 0 amide bonds. The summed E-state index contributed by atoms with van der Waals surface area (Å²) in [4.78, 5) is 37.0. The van der Waals surface area contributed by atoms with Crippen molar-refractivity contribution in [1.29, 1.82) is 0 Å². The first-order valence-electron chi connectivity index (χ1n) is 9.66. The fraction of sp³-hybridized carbons (Fsp3) is 0.261. The number of halogens is 3. The molecule has 0 aliphatic rings. The number of rotatable bonds is 6. The third-order valence-corrected chi connectivity index (χ3v) is 4.95. The molecule has 2 aromatic carbocycles. The number of aromatic hydroxyl groups is 1. The van der Waals surface area contributed by atoms with Crippen molar-refractivity contribution in [3.05, 3.63) is 75.1 Å². The van der Waals surface area contributed by atoms with E-state index in [0.717, 1.165) is 29.8 Å². The second-order valence-electron chi connectivity index (χ2n) is 7.17. The zero-order chi connectivity index (χ0) is 23.6. The summed E-state index contributed by atoms with van der Waals surface area (Å²) in [5, 5.41) is 11.1. The Kier molecular flexibility index (Phi) is 6.38. The number of ether oxygens (including phenoxy) is 1. The molecule has 0 spiro atoms. The summed E-state index contributed by atoms with van der Waals surface area (Å²) in [6, 6.07) is 8.49. The molecule has 6 nitrogen and oxygen atoms in total. The number of hydrogen-bond donors (Lipinski definition) is 1. The van der Waals surface area contributed by atoms with Crippen molar-refractivity contribution < 1.29 is 37.0 Å². The number of esters is 1. The summed E-state index contributed by atoms with van der Waals surface area (Å²) in [5.41, 5.74) is -1.26. The Labute approximate surface area is 180 Å². The van der Waals surface area contributed by atoms with Gasteiger partial charge in [0.1, 0.15) is 11.3 Å². The summed E-state index contributed by atoms with van der Waals surface area (Å²) < 4.78 is 48.9. The molecular formula is C23H19F3O6. The summed E-state index contributed by atoms with van der Waals surface area (Å²) in [5.74, 6) is -3.86. The Bertz CT molecular complexity index is 1230. The maximum Gasteiger partial charge on any atom is 0.416 e. The van der Waals surface area contributed by atoms with Gasteiger partial charge < -0.3 is 14.3 Å². The van der Waals surface area contributed by atoms with Crippen molar-refractivity contribution in [2.75, 3.05) is 6.61 Å². The van der Waals surface area contributed by atoms with Gasteiger partial charge in [-0.25, -0.2) is 9.59 Å². The first kappa shape index (κ1) is 23.1. The van der Waals surface area contributed by atoms with Gasteiger partial charge in [0.25, 0.3) is 0 Å². The Hall–Kier alpha value is -3.62. The van der Waals surface area contributed by atoms with Crippen molar-refractivity contribution in [3.63, 3.8) is 0 Å². The minimum Gasteiger partial charge on any atom is -0.507 e. The third-order valence-electron chi connectivity index (χ3n) is 4.95. The molecule has 1 heterocycles. The van der Waals surface area contributed by atoms with E-state index in [1.807, 2.05) is 0 Å². The van der Waals surface area contributed by atoms with Crippen LogP contribution in [0.5, 0.6) is 5.75 Å². The fourth-order valence-corrected chi connectivity index (χ4v) is 3.39. The topological polar surface area (TPSA) is 93.8 Å². The van der Waals surface area contributed by atoms with Gasteiger partial charge in [-0.2, -0.15) is 13.2 Å². The van der Waals surface area contributed by atoms with Crippen molar-refractivity contribution in [2.45, 2.75) is 32.4 Å². The predicted molar refractivity (Wildman–Crippen MR) is 108 cm³/mol. The predicted octanol–water partition coefficient (Wildman–Crippen LogP) is 4.48. The SMILES string of the molecule is CCOC(=O)C(=O)C[C@H](c1ccc(C(F)(F)F)cc1)c1c(O)c2cc(C)ccc2oc1=O. The molecule has 1 aromatic heterocycles. The number of ketones is 1. The van der Waals surface area contributed by atoms with Crippen LogP contribution < -0.4 is 5.63 Å². The van der Waals surface area contributed by atoms with E-state index in [9.17, 15) is 32.7 Å². The van der Waals surface area contributed by atoms with E-state index in [2.05, 4.69) is 4.74 Å². The van der Waals surface area contributed by atoms with Gasteiger partial charge in [-0.05, 0) is 43.7 Å². The van der Waals surface area contributed by atoms with E-state index < -0.39 is 47.2 Å². The second-order valence-corrected chi connectivity index (χ2v) is 7.17. The lowest BCUT2D eigenvalue weighted by Crippen LogP contribution is -2.23. The van der Waals surface area contributed by atoms with Crippen LogP contribution in [0.3, 0.4) is 0 Å². The molecule has 32 heavy (non-hydrogen) atoms. The van der Waals surface area contributed by atoms with Crippen molar-refractivity contribution >= 4 is 22.7 Å². The van der Waals surface area contributed by atoms with Gasteiger partial charge in [0.2, 0.25) is 5.78 Å². The number of fused-ring (bicyclic) bond motifs is 1. The Balaban J connectivity index is 2.18. The van der Waals surface area contributed by atoms with Crippen LogP contribution in [0, 0.1) is 6.92 Å². The molecule has 1 N–H and O–H groups in total. The molecule has 0 aliphatic carbocycles. The van der Waals surface area contributed by atoms with Gasteiger partial charge in [-0.15, -0.1) is 0 Å². The van der Waals surface area contributed by atoms with Gasteiger partial charge in [0, 0.05) is 12.3 Å². The smallest absolute Gasteiger partial charge is 0.416 e. The highest BCUT2D eigenvalue weighted by Gasteiger charge is 2.33. The number of benzene rings is 2. The van der Waals surface area contributed by atoms with E-state index in [0.29, 0.717) is 0 Å². The molecule has 0 aliphatic heterocycles. The Morgan fingerprint density at radius 3 is 2.38 bits per heavy atom. The molecule has 0 saturated carbocycles. The summed E-state index contributed by atoms with van der Waals surface area (Å²) >= 11 is 0. The van der Waals surface area contributed by atoms with E-state index in [1.165, 1.54) is 13.0 Å². The summed E-state index contributed by atoms with van der Waals surface area (Å²) in [6.45, 7) is 3.20. The molecule has 0 radical (unpaired) electrons. The van der Waals surface area contributed by atoms with Crippen LogP contribution in [0.1, 0.15) is 41.5 Å². The van der Waals surface area contributed by atoms with Crippen molar-refractivity contribution in [1.82, 2.24) is 0 Å². The second kappa shape index (κ2) is 8.86. The zero-order valence-electron chi connectivity index (χ0n) is 17.2. The van der Waals surface area contributed by atoms with Crippen LogP contribution >= 0.6 is 0 Å². The van der Waals surface area contributed by atoms with E-state index in [4.69, 9.17) is 4.42 Å². The number of hydrogen-bond acceptors (Lipinski definition) is 6. The van der Waals surface area contributed by atoms with Crippen LogP contribution in [0.15, 0.2) is 51.7 Å². The lowest BCUT2D eigenvalue weighted by molar-refractivity contribution is -0.153. The van der Waals surface area contributed by atoms with Gasteiger partial charge >= 0.3 is 17.8 Å².